The number of rotatable bonds is 6. The number of hydrogen-bond acceptors (Lipinski definition) is 6. The van der Waals surface area contributed by atoms with E-state index >= 15 is 0 Å². The fraction of sp³-hybridized carbons (Fsp3) is 0.240. The number of benzene rings is 2. The van der Waals surface area contributed by atoms with Crippen molar-refractivity contribution in [1.82, 2.24) is 14.5 Å². The standard InChI is InChI=1S/C25H22FN3O5/c26-18-4-1-3-16(13-18)22-21(23(30)17-5-6-19-20(14-17)34-12-11-33-19)24(31)25(32)29(22)9-2-8-28-10-7-27-15-28/h1,3-7,10,13-15,22,30H,2,8-9,11-12H2/b23-21+/t22-/m1/s1. The van der Waals surface area contributed by atoms with Crippen molar-refractivity contribution in [3.63, 3.8) is 0 Å². The molecule has 3 aromatic rings. The Hall–Kier alpha value is -4.14. The van der Waals surface area contributed by atoms with Gasteiger partial charge in [0.1, 0.15) is 24.8 Å². The largest absolute Gasteiger partial charge is 0.507 e. The van der Waals surface area contributed by atoms with Gasteiger partial charge in [-0.25, -0.2) is 9.37 Å². The lowest BCUT2D eigenvalue weighted by Gasteiger charge is -2.25. The highest BCUT2D eigenvalue weighted by atomic mass is 19.1. The Balaban J connectivity index is 1.54. The Kier molecular flexibility index (Phi) is 5.75. The summed E-state index contributed by atoms with van der Waals surface area (Å²) >= 11 is 0. The molecule has 1 fully saturated rings. The number of likely N-dealkylation sites (tertiary alicyclic amines) is 1. The van der Waals surface area contributed by atoms with E-state index in [1.807, 2.05) is 4.57 Å². The second-order valence-corrected chi connectivity index (χ2v) is 8.06. The van der Waals surface area contributed by atoms with Crippen LogP contribution in [0.15, 0.2) is 66.8 Å². The molecule has 2 aliphatic heterocycles. The van der Waals surface area contributed by atoms with Gasteiger partial charge in [-0.3, -0.25) is 9.59 Å². The van der Waals surface area contributed by atoms with E-state index in [0.29, 0.717) is 48.8 Å². The van der Waals surface area contributed by atoms with Gasteiger partial charge in [-0.05, 0) is 42.3 Å². The number of hydrogen-bond donors (Lipinski definition) is 1. The third-order valence-corrected chi connectivity index (χ3v) is 5.89. The van der Waals surface area contributed by atoms with Gasteiger partial charge in [0.05, 0.1) is 17.9 Å². The van der Waals surface area contributed by atoms with Crippen LogP contribution in [0.2, 0.25) is 0 Å². The lowest BCUT2D eigenvalue weighted by Crippen LogP contribution is -2.31. The summed E-state index contributed by atoms with van der Waals surface area (Å²) in [5.74, 6) is -1.43. The van der Waals surface area contributed by atoms with Crippen LogP contribution < -0.4 is 9.47 Å². The molecule has 8 nitrogen and oxygen atoms in total. The molecule has 0 spiro atoms. The summed E-state index contributed by atoms with van der Waals surface area (Å²) in [7, 11) is 0. The van der Waals surface area contributed by atoms with Crippen LogP contribution in [0.1, 0.15) is 23.6 Å². The summed E-state index contributed by atoms with van der Waals surface area (Å²) in [5, 5.41) is 11.2. The Morgan fingerprint density at radius 3 is 2.68 bits per heavy atom. The molecule has 5 rings (SSSR count). The topological polar surface area (TPSA) is 93.9 Å². The second-order valence-electron chi connectivity index (χ2n) is 8.06. The number of aromatic nitrogens is 2. The molecule has 1 atom stereocenters. The molecule has 9 heteroatoms. The fourth-order valence-corrected chi connectivity index (χ4v) is 4.32. The van der Waals surface area contributed by atoms with Gasteiger partial charge in [0.15, 0.2) is 11.5 Å². The van der Waals surface area contributed by atoms with Crippen molar-refractivity contribution in [2.45, 2.75) is 19.0 Å². The molecular weight excluding hydrogens is 441 g/mol. The van der Waals surface area contributed by atoms with Gasteiger partial charge in [-0.2, -0.15) is 0 Å². The Morgan fingerprint density at radius 2 is 1.91 bits per heavy atom. The van der Waals surface area contributed by atoms with E-state index in [9.17, 15) is 19.1 Å². The van der Waals surface area contributed by atoms with Crippen LogP contribution in [0.5, 0.6) is 11.5 Å². The number of carbonyl (C=O) groups is 2. The molecule has 2 aliphatic rings. The third kappa shape index (κ3) is 4.00. The molecular formula is C25H22FN3O5. The number of carbonyl (C=O) groups excluding carboxylic acids is 2. The molecule has 1 saturated heterocycles. The van der Waals surface area contributed by atoms with E-state index in [1.165, 1.54) is 23.1 Å². The summed E-state index contributed by atoms with van der Waals surface area (Å²) in [6.07, 6.45) is 5.67. The first kappa shape index (κ1) is 21.7. The van der Waals surface area contributed by atoms with Crippen LogP contribution in [0.25, 0.3) is 5.76 Å². The number of ether oxygens (including phenoxy) is 2. The Labute approximate surface area is 194 Å². The molecule has 0 radical (unpaired) electrons. The molecule has 0 aliphatic carbocycles. The molecule has 0 bridgehead atoms. The number of ketones is 1. The molecule has 34 heavy (non-hydrogen) atoms. The summed E-state index contributed by atoms with van der Waals surface area (Å²) < 4.78 is 27.1. The molecule has 1 aromatic heterocycles. The van der Waals surface area contributed by atoms with Crippen molar-refractivity contribution < 1.29 is 28.6 Å². The van der Waals surface area contributed by atoms with Gasteiger partial charge < -0.3 is 24.0 Å². The van der Waals surface area contributed by atoms with Gasteiger partial charge in [0.2, 0.25) is 0 Å². The minimum Gasteiger partial charge on any atom is -0.507 e. The first-order valence-electron chi connectivity index (χ1n) is 10.9. The van der Waals surface area contributed by atoms with Crippen molar-refractivity contribution in [3.05, 3.63) is 83.7 Å². The number of amides is 1. The average molecular weight is 463 g/mol. The minimum atomic E-state index is -0.924. The normalized spacial score (nSPS) is 19.0. The monoisotopic (exact) mass is 463 g/mol. The Bertz CT molecular complexity index is 1270. The lowest BCUT2D eigenvalue weighted by atomic mass is 9.95. The van der Waals surface area contributed by atoms with Gasteiger partial charge in [0, 0.05) is 31.0 Å². The first-order valence-corrected chi connectivity index (χ1v) is 10.9. The molecule has 2 aromatic carbocycles. The van der Waals surface area contributed by atoms with E-state index in [-0.39, 0.29) is 17.9 Å². The van der Waals surface area contributed by atoms with Crippen molar-refractivity contribution in [2.75, 3.05) is 19.8 Å². The maximum Gasteiger partial charge on any atom is 0.295 e. The van der Waals surface area contributed by atoms with E-state index in [1.54, 1.807) is 43.0 Å². The zero-order valence-electron chi connectivity index (χ0n) is 18.2. The second kappa shape index (κ2) is 9.01. The van der Waals surface area contributed by atoms with E-state index in [0.717, 1.165) is 0 Å². The van der Waals surface area contributed by atoms with Crippen molar-refractivity contribution >= 4 is 17.4 Å². The van der Waals surface area contributed by atoms with E-state index in [4.69, 9.17) is 9.47 Å². The molecule has 0 saturated carbocycles. The van der Waals surface area contributed by atoms with E-state index < -0.39 is 23.5 Å². The van der Waals surface area contributed by atoms with Crippen LogP contribution in [0.3, 0.4) is 0 Å². The molecule has 1 N–H and O–H groups in total. The number of aryl methyl sites for hydroxylation is 1. The fourth-order valence-electron chi connectivity index (χ4n) is 4.32. The minimum absolute atomic E-state index is 0.0880. The number of halogens is 1. The van der Waals surface area contributed by atoms with Crippen LogP contribution in [-0.4, -0.2) is 51.0 Å². The summed E-state index contributed by atoms with van der Waals surface area (Å²) in [4.78, 5) is 31.5. The number of nitrogens with zero attached hydrogens (tertiary/aromatic N) is 3. The number of aliphatic hydroxyl groups is 1. The van der Waals surface area contributed by atoms with Crippen LogP contribution in [-0.2, 0) is 16.1 Å². The third-order valence-electron chi connectivity index (χ3n) is 5.89. The SMILES string of the molecule is O=C1C(=O)N(CCCn2ccnc2)[C@H](c2cccc(F)c2)/C1=C(\O)c1ccc2c(c1)OCCO2. The van der Waals surface area contributed by atoms with Gasteiger partial charge in [-0.15, -0.1) is 0 Å². The number of imidazole rings is 1. The molecule has 3 heterocycles. The van der Waals surface area contributed by atoms with Crippen molar-refractivity contribution in [1.29, 1.82) is 0 Å². The van der Waals surface area contributed by atoms with Gasteiger partial charge in [-0.1, -0.05) is 12.1 Å². The predicted octanol–water partition coefficient (Wildman–Crippen LogP) is 3.31. The predicted molar refractivity (Wildman–Crippen MR) is 120 cm³/mol. The molecule has 0 unspecified atom stereocenters. The average Bonchev–Trinajstić information content (AvgIpc) is 3.45. The summed E-state index contributed by atoms with van der Waals surface area (Å²) in [6, 6.07) is 9.59. The number of fused-ring (bicyclic) bond motifs is 1. The maximum absolute atomic E-state index is 14.1. The summed E-state index contributed by atoms with van der Waals surface area (Å²) in [5.41, 5.74) is 0.623. The van der Waals surface area contributed by atoms with E-state index in [2.05, 4.69) is 4.98 Å². The highest BCUT2D eigenvalue weighted by Crippen LogP contribution is 2.41. The number of aliphatic hydroxyl groups excluding tert-OH is 1. The highest BCUT2D eigenvalue weighted by molar-refractivity contribution is 6.46. The zero-order chi connectivity index (χ0) is 23.7. The quantitative estimate of drug-likeness (QED) is 0.343. The number of Topliss-reactive ketones (excluding diaryl/α,β-unsaturated/α-hetero) is 1. The first-order chi connectivity index (χ1) is 16.5. The van der Waals surface area contributed by atoms with Crippen LogP contribution in [0, 0.1) is 5.82 Å². The molecule has 1 amide bonds. The molecule has 174 valence electrons. The van der Waals surface area contributed by atoms with Crippen LogP contribution in [0.4, 0.5) is 4.39 Å². The summed E-state index contributed by atoms with van der Waals surface area (Å²) in [6.45, 7) is 1.60. The maximum atomic E-state index is 14.1. The lowest BCUT2D eigenvalue weighted by molar-refractivity contribution is -0.139. The highest BCUT2D eigenvalue weighted by Gasteiger charge is 2.46. The Morgan fingerprint density at radius 1 is 1.09 bits per heavy atom. The van der Waals surface area contributed by atoms with Gasteiger partial charge >= 0.3 is 0 Å². The van der Waals surface area contributed by atoms with Gasteiger partial charge in [0.25, 0.3) is 11.7 Å². The van der Waals surface area contributed by atoms with Crippen LogP contribution >= 0.6 is 0 Å². The van der Waals surface area contributed by atoms with Crippen molar-refractivity contribution in [2.24, 2.45) is 0 Å². The van der Waals surface area contributed by atoms with Crippen molar-refractivity contribution in [3.8, 4) is 11.5 Å². The zero-order valence-corrected chi connectivity index (χ0v) is 18.2. The smallest absolute Gasteiger partial charge is 0.295 e.